The van der Waals surface area contributed by atoms with Crippen LogP contribution in [0, 0.1) is 12.8 Å². The average molecular weight is 332 g/mol. The molecule has 1 aromatic heterocycles. The fraction of sp³-hybridized carbons (Fsp3) is 0.412. The Morgan fingerprint density at radius 3 is 2.65 bits per heavy atom. The van der Waals surface area contributed by atoms with Gasteiger partial charge in [0.15, 0.2) is 5.13 Å². The molecule has 1 saturated heterocycles. The van der Waals surface area contributed by atoms with Crippen LogP contribution in [0.5, 0.6) is 5.75 Å². The first-order valence-corrected chi connectivity index (χ1v) is 8.49. The summed E-state index contributed by atoms with van der Waals surface area (Å²) in [5, 5.41) is 3.61. The van der Waals surface area contributed by atoms with Crippen LogP contribution in [0.3, 0.4) is 0 Å². The van der Waals surface area contributed by atoms with E-state index in [2.05, 4.69) is 10.3 Å². The Labute approximate surface area is 139 Å². The summed E-state index contributed by atoms with van der Waals surface area (Å²) in [6.45, 7) is 3.33. The molecule has 1 aliphatic rings. The van der Waals surface area contributed by atoms with E-state index in [0.717, 1.165) is 34.7 Å². The SMILES string of the molecule is COc1ccc(-c2nc(NC(=O)C3CCOCC3)sc2C)cc1. The largest absolute Gasteiger partial charge is 0.497 e. The number of hydrogen-bond donors (Lipinski definition) is 1. The molecular weight excluding hydrogens is 312 g/mol. The van der Waals surface area contributed by atoms with Crippen LogP contribution >= 0.6 is 11.3 Å². The van der Waals surface area contributed by atoms with Crippen LogP contribution in [0.15, 0.2) is 24.3 Å². The van der Waals surface area contributed by atoms with E-state index in [9.17, 15) is 4.79 Å². The van der Waals surface area contributed by atoms with E-state index < -0.39 is 0 Å². The van der Waals surface area contributed by atoms with E-state index in [1.165, 1.54) is 11.3 Å². The maximum atomic E-state index is 12.3. The minimum absolute atomic E-state index is 0.0254. The molecule has 23 heavy (non-hydrogen) atoms. The van der Waals surface area contributed by atoms with Gasteiger partial charge in [-0.05, 0) is 44.0 Å². The second-order valence-corrected chi connectivity index (χ2v) is 6.73. The van der Waals surface area contributed by atoms with Crippen molar-refractivity contribution in [2.24, 2.45) is 5.92 Å². The molecule has 122 valence electrons. The molecule has 3 rings (SSSR count). The van der Waals surface area contributed by atoms with Gasteiger partial charge in [0.25, 0.3) is 0 Å². The number of benzene rings is 1. The molecule has 5 nitrogen and oxygen atoms in total. The first kappa shape index (κ1) is 16.0. The van der Waals surface area contributed by atoms with Gasteiger partial charge >= 0.3 is 0 Å². The highest BCUT2D eigenvalue weighted by atomic mass is 32.1. The number of anilines is 1. The van der Waals surface area contributed by atoms with Crippen molar-refractivity contribution in [3.63, 3.8) is 0 Å². The molecule has 0 radical (unpaired) electrons. The smallest absolute Gasteiger partial charge is 0.229 e. The predicted octanol–water partition coefficient (Wildman–Crippen LogP) is 3.49. The van der Waals surface area contributed by atoms with Gasteiger partial charge in [-0.15, -0.1) is 11.3 Å². The quantitative estimate of drug-likeness (QED) is 0.931. The van der Waals surface area contributed by atoms with E-state index >= 15 is 0 Å². The van der Waals surface area contributed by atoms with Crippen molar-refractivity contribution in [3.05, 3.63) is 29.1 Å². The molecule has 1 fully saturated rings. The summed E-state index contributed by atoms with van der Waals surface area (Å²) < 4.78 is 10.5. The lowest BCUT2D eigenvalue weighted by Crippen LogP contribution is -2.28. The molecule has 1 aromatic carbocycles. The van der Waals surface area contributed by atoms with E-state index in [1.807, 2.05) is 31.2 Å². The Balaban J connectivity index is 1.73. The van der Waals surface area contributed by atoms with Gasteiger partial charge in [0.05, 0.1) is 12.8 Å². The summed E-state index contributed by atoms with van der Waals surface area (Å²) in [7, 11) is 1.65. The Bertz CT molecular complexity index is 676. The highest BCUT2D eigenvalue weighted by Crippen LogP contribution is 2.31. The first-order valence-electron chi connectivity index (χ1n) is 7.68. The zero-order valence-electron chi connectivity index (χ0n) is 13.3. The summed E-state index contributed by atoms with van der Waals surface area (Å²) in [5.41, 5.74) is 1.92. The second kappa shape index (κ2) is 7.10. The minimum Gasteiger partial charge on any atom is -0.497 e. The van der Waals surface area contributed by atoms with Crippen LogP contribution in [0.2, 0.25) is 0 Å². The van der Waals surface area contributed by atoms with E-state index in [0.29, 0.717) is 18.3 Å². The Morgan fingerprint density at radius 2 is 2.00 bits per heavy atom. The highest BCUT2D eigenvalue weighted by Gasteiger charge is 2.22. The zero-order valence-corrected chi connectivity index (χ0v) is 14.1. The highest BCUT2D eigenvalue weighted by molar-refractivity contribution is 7.16. The molecule has 1 aliphatic heterocycles. The molecule has 0 bridgehead atoms. The van der Waals surface area contributed by atoms with E-state index in [-0.39, 0.29) is 11.8 Å². The van der Waals surface area contributed by atoms with Gasteiger partial charge in [0.2, 0.25) is 5.91 Å². The van der Waals surface area contributed by atoms with Gasteiger partial charge in [0.1, 0.15) is 5.75 Å². The lowest BCUT2D eigenvalue weighted by molar-refractivity contribution is -0.122. The number of hydrogen-bond acceptors (Lipinski definition) is 5. The molecule has 2 aromatic rings. The van der Waals surface area contributed by atoms with E-state index in [1.54, 1.807) is 7.11 Å². The van der Waals surface area contributed by atoms with Crippen molar-refractivity contribution in [1.82, 2.24) is 4.98 Å². The van der Waals surface area contributed by atoms with Crippen molar-refractivity contribution in [2.75, 3.05) is 25.6 Å². The summed E-state index contributed by atoms with van der Waals surface area (Å²) in [6, 6.07) is 7.78. The number of amides is 1. The number of rotatable bonds is 4. The zero-order chi connectivity index (χ0) is 16.2. The van der Waals surface area contributed by atoms with Gasteiger partial charge < -0.3 is 14.8 Å². The van der Waals surface area contributed by atoms with Crippen molar-refractivity contribution in [2.45, 2.75) is 19.8 Å². The molecule has 0 atom stereocenters. The lowest BCUT2D eigenvalue weighted by Gasteiger charge is -2.20. The Hall–Kier alpha value is -1.92. The number of aromatic nitrogens is 1. The van der Waals surface area contributed by atoms with Crippen molar-refractivity contribution in [1.29, 1.82) is 0 Å². The monoisotopic (exact) mass is 332 g/mol. The normalized spacial score (nSPS) is 15.4. The molecule has 0 spiro atoms. The Morgan fingerprint density at radius 1 is 1.30 bits per heavy atom. The van der Waals surface area contributed by atoms with Crippen LogP contribution in [0.1, 0.15) is 17.7 Å². The molecule has 6 heteroatoms. The molecule has 0 aliphatic carbocycles. The van der Waals surface area contributed by atoms with Crippen LogP contribution in [0.25, 0.3) is 11.3 Å². The lowest BCUT2D eigenvalue weighted by atomic mass is 10.00. The topological polar surface area (TPSA) is 60.5 Å². The van der Waals surface area contributed by atoms with Crippen molar-refractivity contribution < 1.29 is 14.3 Å². The summed E-state index contributed by atoms with van der Waals surface area (Å²) in [4.78, 5) is 18.0. The maximum Gasteiger partial charge on any atom is 0.229 e. The standard InChI is InChI=1S/C17H20N2O3S/c1-11-15(12-3-5-14(21-2)6-4-12)18-17(23-11)19-16(20)13-7-9-22-10-8-13/h3-6,13H,7-10H2,1-2H3,(H,18,19,20). The fourth-order valence-corrected chi connectivity index (χ4v) is 3.47. The first-order chi connectivity index (χ1) is 11.2. The van der Waals surface area contributed by atoms with E-state index in [4.69, 9.17) is 9.47 Å². The Kier molecular flexibility index (Phi) is 4.93. The average Bonchev–Trinajstić information content (AvgIpc) is 2.96. The number of aryl methyl sites for hydroxylation is 1. The number of carbonyl (C=O) groups is 1. The van der Waals surface area contributed by atoms with Crippen molar-refractivity contribution >= 4 is 22.4 Å². The second-order valence-electron chi connectivity index (χ2n) is 5.53. The van der Waals surface area contributed by atoms with Gasteiger partial charge in [-0.3, -0.25) is 4.79 Å². The van der Waals surface area contributed by atoms with Crippen molar-refractivity contribution in [3.8, 4) is 17.0 Å². The van der Waals surface area contributed by atoms with Crippen LogP contribution in [-0.4, -0.2) is 31.2 Å². The number of carbonyl (C=O) groups excluding carboxylic acids is 1. The molecule has 0 saturated carbocycles. The molecule has 1 amide bonds. The fourth-order valence-electron chi connectivity index (χ4n) is 2.63. The third kappa shape index (κ3) is 3.71. The van der Waals surface area contributed by atoms with Gasteiger partial charge in [0, 0.05) is 29.6 Å². The number of thiazole rings is 1. The van der Waals surface area contributed by atoms with Crippen LogP contribution in [0.4, 0.5) is 5.13 Å². The molecular formula is C17H20N2O3S. The molecule has 2 heterocycles. The third-order valence-corrected chi connectivity index (χ3v) is 4.87. The number of nitrogens with zero attached hydrogens (tertiary/aromatic N) is 1. The van der Waals surface area contributed by atoms with Gasteiger partial charge in [-0.1, -0.05) is 0 Å². The number of nitrogens with one attached hydrogen (secondary N) is 1. The van der Waals surface area contributed by atoms with Gasteiger partial charge in [-0.25, -0.2) is 4.98 Å². The van der Waals surface area contributed by atoms with Crippen LogP contribution < -0.4 is 10.1 Å². The molecule has 0 unspecified atom stereocenters. The predicted molar refractivity (Wildman–Crippen MR) is 91.0 cm³/mol. The summed E-state index contributed by atoms with van der Waals surface area (Å²) >= 11 is 1.51. The van der Waals surface area contributed by atoms with Gasteiger partial charge in [-0.2, -0.15) is 0 Å². The number of methoxy groups -OCH3 is 1. The maximum absolute atomic E-state index is 12.3. The van der Waals surface area contributed by atoms with Crippen LogP contribution in [-0.2, 0) is 9.53 Å². The minimum atomic E-state index is 0.0254. The third-order valence-electron chi connectivity index (χ3n) is 3.98. The molecule has 1 N–H and O–H groups in total. The summed E-state index contributed by atoms with van der Waals surface area (Å²) in [6.07, 6.45) is 1.56. The number of ether oxygens (including phenoxy) is 2. The summed E-state index contributed by atoms with van der Waals surface area (Å²) in [5.74, 6) is 0.885.